The minimum atomic E-state index is -3.50. The molecule has 0 aromatic rings. The summed E-state index contributed by atoms with van der Waals surface area (Å²) < 4.78 is 20.4. The Labute approximate surface area is 125 Å². The maximum absolute atomic E-state index is 6.11. The summed E-state index contributed by atoms with van der Waals surface area (Å²) in [6, 6.07) is 0. The molecule has 0 aliphatic carbocycles. The van der Waals surface area contributed by atoms with Crippen molar-refractivity contribution in [3.8, 4) is 0 Å². The molecular weight excluding hydrogens is 347 g/mol. The molecule has 0 saturated heterocycles. The molecule has 0 unspecified atom stereocenters. The molecule has 114 valence electrons. The second-order valence-electron chi connectivity index (χ2n) is 6.22. The van der Waals surface area contributed by atoms with Crippen LogP contribution in [-0.2, 0) is 9.22 Å². The van der Waals surface area contributed by atoms with Crippen molar-refractivity contribution in [1.29, 1.82) is 0 Å². The van der Waals surface area contributed by atoms with Gasteiger partial charge in [-0.05, 0) is 0 Å². The first-order valence-electron chi connectivity index (χ1n) is 7.37. The van der Waals surface area contributed by atoms with Crippen LogP contribution < -0.4 is 0 Å². The van der Waals surface area contributed by atoms with Crippen molar-refractivity contribution in [2.75, 3.05) is 19.8 Å². The van der Waals surface area contributed by atoms with E-state index < -0.39 is 19.6 Å². The molecule has 0 saturated carbocycles. The number of hydrogen-bond acceptors (Lipinski definition) is 3. The van der Waals surface area contributed by atoms with Crippen LogP contribution in [0.2, 0.25) is 0 Å². The van der Waals surface area contributed by atoms with E-state index in [1.54, 1.807) is 0 Å². The van der Waals surface area contributed by atoms with E-state index in [4.69, 9.17) is 9.22 Å². The van der Waals surface area contributed by atoms with Crippen LogP contribution in [0.3, 0.4) is 0 Å². The third-order valence-corrected chi connectivity index (χ3v) is 9.21. The fourth-order valence-corrected chi connectivity index (χ4v) is 8.87. The summed E-state index contributed by atoms with van der Waals surface area (Å²) in [6.07, 6.45) is 2.01. The van der Waals surface area contributed by atoms with Gasteiger partial charge in [-0.25, -0.2) is 0 Å². The molecule has 0 spiro atoms. The number of allylic oxidation sites excluding steroid dienone is 1. The van der Waals surface area contributed by atoms with Gasteiger partial charge in [0.1, 0.15) is 0 Å². The Hall–Kier alpha value is 0.419. The third kappa shape index (κ3) is 9.88. The van der Waals surface area contributed by atoms with Gasteiger partial charge in [0.2, 0.25) is 0 Å². The molecule has 0 N–H and O–H groups in total. The van der Waals surface area contributed by atoms with Gasteiger partial charge in [-0.3, -0.25) is 0 Å². The standard InChI is InChI=1S/3C4H9O.C3H5.Sn/c3*1-4(2)3-5;1-3-2;/h3*4H,3H2,1-2H3;1,3H,2H3;/q3*-1;;+3. The van der Waals surface area contributed by atoms with E-state index in [0.717, 1.165) is 0 Å². The van der Waals surface area contributed by atoms with E-state index in [2.05, 4.69) is 45.6 Å². The molecule has 0 bridgehead atoms. The minimum absolute atomic E-state index is 0.492. The topological polar surface area (TPSA) is 27.7 Å². The average molecular weight is 379 g/mol. The van der Waals surface area contributed by atoms with Crippen LogP contribution in [0.25, 0.3) is 0 Å². The third-order valence-electron chi connectivity index (χ3n) is 2.22. The molecule has 3 nitrogen and oxygen atoms in total. The second kappa shape index (κ2) is 10.2. The summed E-state index contributed by atoms with van der Waals surface area (Å²) in [7, 11) is 0. The second-order valence-corrected chi connectivity index (χ2v) is 13.1. The fourth-order valence-electron chi connectivity index (χ4n) is 1.32. The predicted octanol–water partition coefficient (Wildman–Crippen LogP) is 4.06. The van der Waals surface area contributed by atoms with Crippen LogP contribution in [0.1, 0.15) is 48.5 Å². The van der Waals surface area contributed by atoms with Crippen LogP contribution in [0.5, 0.6) is 0 Å². The van der Waals surface area contributed by atoms with E-state index in [1.165, 1.54) is 0 Å². The van der Waals surface area contributed by atoms with Gasteiger partial charge in [0.15, 0.2) is 0 Å². The van der Waals surface area contributed by atoms with Gasteiger partial charge in [-0.1, -0.05) is 0 Å². The summed E-state index contributed by atoms with van der Waals surface area (Å²) >= 11 is -3.50. The quantitative estimate of drug-likeness (QED) is 0.536. The average Bonchev–Trinajstić information content (AvgIpc) is 2.31. The Morgan fingerprint density at radius 2 is 1.05 bits per heavy atom. The zero-order chi connectivity index (χ0) is 14.9. The van der Waals surface area contributed by atoms with E-state index >= 15 is 0 Å². The van der Waals surface area contributed by atoms with Gasteiger partial charge >= 0.3 is 125 Å². The summed E-state index contributed by atoms with van der Waals surface area (Å²) in [5.74, 6) is 1.48. The van der Waals surface area contributed by atoms with Crippen LogP contribution in [0.15, 0.2) is 10.2 Å². The van der Waals surface area contributed by atoms with E-state index in [0.29, 0.717) is 37.6 Å². The summed E-state index contributed by atoms with van der Waals surface area (Å²) in [5, 5.41) is 0. The van der Waals surface area contributed by atoms with Crippen LogP contribution in [0.4, 0.5) is 0 Å². The Morgan fingerprint density at radius 3 is 1.26 bits per heavy atom. The Bertz CT molecular complexity index is 218. The molecule has 0 aliphatic heterocycles. The maximum atomic E-state index is 6.11. The van der Waals surface area contributed by atoms with Crippen LogP contribution in [-0.4, -0.2) is 39.4 Å². The molecule has 0 atom stereocenters. The van der Waals surface area contributed by atoms with Gasteiger partial charge in [0.05, 0.1) is 0 Å². The van der Waals surface area contributed by atoms with Crippen molar-refractivity contribution in [3.05, 3.63) is 10.2 Å². The fraction of sp³-hybridized carbons (Fsp3) is 0.867. The predicted molar refractivity (Wildman–Crippen MR) is 82.9 cm³/mol. The SMILES string of the molecule is CC=[CH][Sn]([O]CC(C)C)([O]CC(C)C)[O]CC(C)C. The van der Waals surface area contributed by atoms with Crippen molar-refractivity contribution in [3.63, 3.8) is 0 Å². The Balaban J connectivity index is 4.76. The summed E-state index contributed by atoms with van der Waals surface area (Å²) in [5.41, 5.74) is 0. The molecule has 0 radical (unpaired) electrons. The van der Waals surface area contributed by atoms with Gasteiger partial charge in [0.25, 0.3) is 0 Å². The Kier molecular flexibility index (Phi) is 10.4. The normalized spacial score (nSPS) is 13.4. The summed E-state index contributed by atoms with van der Waals surface area (Å²) in [4.78, 5) is 0. The van der Waals surface area contributed by atoms with Crippen molar-refractivity contribution < 1.29 is 9.22 Å². The van der Waals surface area contributed by atoms with Crippen molar-refractivity contribution in [2.45, 2.75) is 48.5 Å². The van der Waals surface area contributed by atoms with E-state index in [-0.39, 0.29) is 0 Å². The van der Waals surface area contributed by atoms with Crippen molar-refractivity contribution in [2.24, 2.45) is 17.8 Å². The molecule has 0 aromatic heterocycles. The molecule has 19 heavy (non-hydrogen) atoms. The molecule has 0 fully saturated rings. The van der Waals surface area contributed by atoms with Gasteiger partial charge in [-0.15, -0.1) is 0 Å². The molecule has 4 heteroatoms. The first-order valence-corrected chi connectivity index (χ1v) is 12.5. The molecule has 0 rings (SSSR count). The zero-order valence-corrected chi connectivity index (χ0v) is 16.6. The number of hydrogen-bond donors (Lipinski definition) is 0. The molecule has 0 aliphatic rings. The van der Waals surface area contributed by atoms with Gasteiger partial charge in [0, 0.05) is 0 Å². The number of rotatable bonds is 10. The monoisotopic (exact) mass is 380 g/mol. The van der Waals surface area contributed by atoms with Crippen LogP contribution >= 0.6 is 0 Å². The van der Waals surface area contributed by atoms with Crippen molar-refractivity contribution >= 4 is 19.6 Å². The van der Waals surface area contributed by atoms with Gasteiger partial charge in [-0.2, -0.15) is 0 Å². The molecular formula is C15H32O3Sn. The molecule has 0 amide bonds. The van der Waals surface area contributed by atoms with E-state index in [9.17, 15) is 0 Å². The first-order chi connectivity index (χ1) is 8.81. The molecule has 0 aromatic carbocycles. The molecule has 0 heterocycles. The first kappa shape index (κ1) is 19.4. The van der Waals surface area contributed by atoms with Crippen LogP contribution in [0, 0.1) is 17.8 Å². The van der Waals surface area contributed by atoms with Crippen molar-refractivity contribution in [1.82, 2.24) is 0 Å². The Morgan fingerprint density at radius 1 is 0.737 bits per heavy atom. The van der Waals surface area contributed by atoms with E-state index in [1.807, 2.05) is 13.0 Å². The zero-order valence-electron chi connectivity index (χ0n) is 13.7. The summed E-state index contributed by atoms with van der Waals surface area (Å²) in [6.45, 7) is 17.0. The van der Waals surface area contributed by atoms with Gasteiger partial charge < -0.3 is 0 Å².